The van der Waals surface area contributed by atoms with Gasteiger partial charge < -0.3 is 14.6 Å². The van der Waals surface area contributed by atoms with Crippen LogP contribution in [-0.2, 0) is 0 Å². The highest BCUT2D eigenvalue weighted by Crippen LogP contribution is 2.37. The van der Waals surface area contributed by atoms with Crippen molar-refractivity contribution in [2.45, 2.75) is 0 Å². The zero-order valence-electron chi connectivity index (χ0n) is 9.58. The van der Waals surface area contributed by atoms with Crippen LogP contribution in [0.3, 0.4) is 0 Å². The molecule has 98 valence electrons. The van der Waals surface area contributed by atoms with Crippen molar-refractivity contribution in [1.82, 2.24) is 5.32 Å². The number of furan rings is 1. The molecule has 3 rings (SSSR count). The zero-order valence-corrected chi connectivity index (χ0v) is 11.2. The molecule has 0 atom stereocenters. The van der Waals surface area contributed by atoms with Gasteiger partial charge in [-0.15, -0.1) is 12.4 Å². The number of nitrogens with one attached hydrogen (secondary N) is 1. The van der Waals surface area contributed by atoms with E-state index in [-0.39, 0.29) is 17.4 Å². The Morgan fingerprint density at radius 1 is 1.33 bits per heavy atom. The van der Waals surface area contributed by atoms with Gasteiger partial charge in [0, 0.05) is 31.6 Å². The topological polar surface area (TPSA) is 28.4 Å². The Morgan fingerprint density at radius 2 is 2.06 bits per heavy atom. The summed E-state index contributed by atoms with van der Waals surface area (Å²) in [6.45, 7) is 3.35. The summed E-state index contributed by atoms with van der Waals surface area (Å²) in [6.07, 6.45) is 1.56. The fourth-order valence-corrected chi connectivity index (χ4v) is 2.47. The van der Waals surface area contributed by atoms with Crippen LogP contribution in [0.2, 0.25) is 5.02 Å². The first kappa shape index (κ1) is 13.5. The van der Waals surface area contributed by atoms with Crippen LogP contribution in [0.1, 0.15) is 0 Å². The molecule has 2 aromatic rings. The lowest BCUT2D eigenvalue weighted by Gasteiger charge is -2.30. The lowest BCUT2D eigenvalue weighted by Crippen LogP contribution is -2.43. The van der Waals surface area contributed by atoms with Crippen LogP contribution in [0, 0.1) is 5.82 Å². The van der Waals surface area contributed by atoms with E-state index in [9.17, 15) is 4.39 Å². The minimum atomic E-state index is -0.394. The fourth-order valence-electron chi connectivity index (χ4n) is 2.21. The van der Waals surface area contributed by atoms with Gasteiger partial charge in [-0.1, -0.05) is 11.6 Å². The summed E-state index contributed by atoms with van der Waals surface area (Å²) >= 11 is 6.07. The summed E-state index contributed by atoms with van der Waals surface area (Å²) < 4.78 is 19.2. The summed E-state index contributed by atoms with van der Waals surface area (Å²) in [7, 11) is 0. The maximum Gasteiger partial charge on any atom is 0.158 e. The predicted octanol–water partition coefficient (Wildman–Crippen LogP) is 3.06. The van der Waals surface area contributed by atoms with Crippen LogP contribution in [0.5, 0.6) is 0 Å². The van der Waals surface area contributed by atoms with Crippen molar-refractivity contribution < 1.29 is 8.81 Å². The lowest BCUT2D eigenvalue weighted by atomic mass is 10.2. The Morgan fingerprint density at radius 3 is 2.78 bits per heavy atom. The highest BCUT2D eigenvalue weighted by molar-refractivity contribution is 6.34. The van der Waals surface area contributed by atoms with Crippen molar-refractivity contribution >= 4 is 40.7 Å². The number of fused-ring (bicyclic) bond motifs is 1. The molecule has 0 amide bonds. The van der Waals surface area contributed by atoms with Crippen molar-refractivity contribution in [3.05, 3.63) is 29.2 Å². The number of benzene rings is 1. The van der Waals surface area contributed by atoms with Crippen LogP contribution < -0.4 is 10.2 Å². The summed E-state index contributed by atoms with van der Waals surface area (Å²) in [5.41, 5.74) is 1.34. The van der Waals surface area contributed by atoms with Gasteiger partial charge in [-0.2, -0.15) is 0 Å². The standard InChI is InChI=1S/C12H12ClFN2O.ClH/c13-10-9(14)7-8-1-6-17-12(8)11(10)16-4-2-15-3-5-16;/h1,6-7,15H,2-5H2;1H. The molecule has 1 aliphatic heterocycles. The second-order valence-corrected chi connectivity index (χ2v) is 4.47. The van der Waals surface area contributed by atoms with E-state index in [0.717, 1.165) is 31.6 Å². The second-order valence-electron chi connectivity index (χ2n) is 4.10. The van der Waals surface area contributed by atoms with Gasteiger partial charge in [0.2, 0.25) is 0 Å². The smallest absolute Gasteiger partial charge is 0.158 e. The van der Waals surface area contributed by atoms with Crippen LogP contribution in [0.25, 0.3) is 11.0 Å². The van der Waals surface area contributed by atoms with Crippen molar-refractivity contribution in [2.75, 3.05) is 31.1 Å². The van der Waals surface area contributed by atoms with Crippen molar-refractivity contribution in [1.29, 1.82) is 0 Å². The van der Waals surface area contributed by atoms with E-state index in [4.69, 9.17) is 16.0 Å². The Labute approximate surface area is 115 Å². The lowest BCUT2D eigenvalue weighted by molar-refractivity contribution is 0.574. The molecule has 1 aromatic carbocycles. The van der Waals surface area contributed by atoms with E-state index in [2.05, 4.69) is 10.2 Å². The molecule has 0 bridgehead atoms. The molecule has 0 saturated carbocycles. The average Bonchev–Trinajstić information content (AvgIpc) is 2.79. The van der Waals surface area contributed by atoms with Crippen LogP contribution in [-0.4, -0.2) is 26.2 Å². The Kier molecular flexibility index (Phi) is 4.00. The molecule has 0 unspecified atom stereocenters. The summed E-state index contributed by atoms with van der Waals surface area (Å²) in [4.78, 5) is 2.06. The molecule has 0 spiro atoms. The quantitative estimate of drug-likeness (QED) is 0.875. The number of hydrogen-bond acceptors (Lipinski definition) is 3. The van der Waals surface area contributed by atoms with E-state index in [0.29, 0.717) is 11.3 Å². The molecule has 1 aromatic heterocycles. The molecular weight excluding hydrogens is 278 g/mol. The highest BCUT2D eigenvalue weighted by Gasteiger charge is 2.21. The fraction of sp³-hybridized carbons (Fsp3) is 0.333. The number of halogens is 3. The Balaban J connectivity index is 0.00000120. The zero-order chi connectivity index (χ0) is 11.8. The van der Waals surface area contributed by atoms with E-state index in [1.807, 2.05) is 0 Å². The molecular formula is C12H13Cl2FN2O. The maximum atomic E-state index is 13.7. The van der Waals surface area contributed by atoms with Gasteiger partial charge >= 0.3 is 0 Å². The summed E-state index contributed by atoms with van der Waals surface area (Å²) in [5, 5.41) is 4.15. The number of hydrogen-bond donors (Lipinski definition) is 1. The van der Waals surface area contributed by atoms with E-state index >= 15 is 0 Å². The molecule has 1 fully saturated rings. The molecule has 18 heavy (non-hydrogen) atoms. The van der Waals surface area contributed by atoms with Gasteiger partial charge in [-0.05, 0) is 12.1 Å². The molecule has 0 radical (unpaired) electrons. The van der Waals surface area contributed by atoms with Crippen molar-refractivity contribution in [2.24, 2.45) is 0 Å². The van der Waals surface area contributed by atoms with Crippen LogP contribution in [0.15, 0.2) is 22.8 Å². The number of nitrogens with zero attached hydrogens (tertiary/aromatic N) is 1. The molecule has 6 heteroatoms. The van der Waals surface area contributed by atoms with Gasteiger partial charge in [0.25, 0.3) is 0 Å². The third-order valence-electron chi connectivity index (χ3n) is 3.04. The van der Waals surface area contributed by atoms with E-state index < -0.39 is 5.82 Å². The Bertz CT molecular complexity index is 552. The third-order valence-corrected chi connectivity index (χ3v) is 3.40. The van der Waals surface area contributed by atoms with Crippen LogP contribution >= 0.6 is 24.0 Å². The van der Waals surface area contributed by atoms with Gasteiger partial charge in [0.15, 0.2) is 5.58 Å². The number of piperazine rings is 1. The van der Waals surface area contributed by atoms with Crippen molar-refractivity contribution in [3.8, 4) is 0 Å². The monoisotopic (exact) mass is 290 g/mol. The average molecular weight is 291 g/mol. The highest BCUT2D eigenvalue weighted by atomic mass is 35.5. The third kappa shape index (κ3) is 2.16. The Hall–Kier alpha value is -0.970. The first-order chi connectivity index (χ1) is 8.27. The number of rotatable bonds is 1. The molecule has 0 aliphatic carbocycles. The largest absolute Gasteiger partial charge is 0.462 e. The summed E-state index contributed by atoms with van der Waals surface area (Å²) in [6, 6.07) is 3.16. The SMILES string of the molecule is Cl.Fc1cc2ccoc2c(N2CCNCC2)c1Cl. The molecule has 1 aliphatic rings. The molecule has 1 N–H and O–H groups in total. The van der Waals surface area contributed by atoms with Gasteiger partial charge in [-0.3, -0.25) is 0 Å². The minimum absolute atomic E-state index is 0. The summed E-state index contributed by atoms with van der Waals surface area (Å²) in [5.74, 6) is -0.394. The molecule has 2 heterocycles. The predicted molar refractivity (Wildman–Crippen MR) is 73.5 cm³/mol. The first-order valence-corrected chi connectivity index (χ1v) is 5.96. The minimum Gasteiger partial charge on any atom is -0.462 e. The van der Waals surface area contributed by atoms with Crippen LogP contribution in [0.4, 0.5) is 10.1 Å². The number of anilines is 1. The normalized spacial score (nSPS) is 15.8. The molecule has 3 nitrogen and oxygen atoms in total. The maximum absolute atomic E-state index is 13.7. The van der Waals surface area contributed by atoms with Crippen molar-refractivity contribution in [3.63, 3.8) is 0 Å². The van der Waals surface area contributed by atoms with E-state index in [1.54, 1.807) is 12.3 Å². The van der Waals surface area contributed by atoms with Gasteiger partial charge in [0.1, 0.15) is 16.5 Å². The first-order valence-electron chi connectivity index (χ1n) is 5.58. The van der Waals surface area contributed by atoms with Gasteiger partial charge in [-0.25, -0.2) is 4.39 Å². The molecule has 1 saturated heterocycles. The van der Waals surface area contributed by atoms with Gasteiger partial charge in [0.05, 0.1) is 6.26 Å². The van der Waals surface area contributed by atoms with E-state index in [1.165, 1.54) is 6.07 Å². The second kappa shape index (κ2) is 5.34.